The molecule has 0 aliphatic rings. The normalized spacial score (nSPS) is 15.9. The molecule has 0 amide bonds. The maximum atomic E-state index is 10.4. The Balaban J connectivity index is -0.000000154. The van der Waals surface area contributed by atoms with Crippen LogP contribution >= 0.6 is 0 Å². The van der Waals surface area contributed by atoms with Crippen molar-refractivity contribution < 1.29 is 60.3 Å². The average Bonchev–Trinajstić information content (AvgIpc) is 2.46. The average molecular weight is 452 g/mol. The van der Waals surface area contributed by atoms with Crippen LogP contribution in [0.5, 0.6) is 0 Å². The molecule has 0 bridgehead atoms. The summed E-state index contributed by atoms with van der Waals surface area (Å²) in [6.07, 6.45) is 3.18. The van der Waals surface area contributed by atoms with Gasteiger partial charge in [0.2, 0.25) is 0 Å². The second-order valence-corrected chi connectivity index (χ2v) is 7.01. The van der Waals surface area contributed by atoms with Crippen molar-refractivity contribution >= 4 is 9.05 Å². The first-order valence-electron chi connectivity index (χ1n) is 8.14. The molecule has 0 aliphatic carbocycles. The maximum Gasteiger partial charge on any atom is 0.677 e. The first kappa shape index (κ1) is 35.8. The molecule has 7 nitrogen and oxygen atoms in total. The summed E-state index contributed by atoms with van der Waals surface area (Å²) in [5.74, 6) is 0. The van der Waals surface area contributed by atoms with E-state index in [0.29, 0.717) is 6.61 Å². The van der Waals surface area contributed by atoms with Crippen LogP contribution in [0.4, 0.5) is 0 Å². The van der Waals surface area contributed by atoms with E-state index < -0.39 is 9.05 Å². The first-order chi connectivity index (χ1) is 9.78. The number of hydrogen-bond acceptors (Lipinski definition) is 5. The monoisotopic (exact) mass is 450 g/mol. The Morgan fingerprint density at radius 2 is 0.958 bits per heavy atom. The van der Waals surface area contributed by atoms with Gasteiger partial charge in [-0.3, -0.25) is 0 Å². The van der Waals surface area contributed by atoms with Gasteiger partial charge in [-0.25, -0.2) is 0 Å². The van der Waals surface area contributed by atoms with Crippen molar-refractivity contribution in [3.8, 4) is 0 Å². The van der Waals surface area contributed by atoms with Crippen LogP contribution in [0.25, 0.3) is 0 Å². The second-order valence-electron chi connectivity index (χ2n) is 5.26. The van der Waals surface area contributed by atoms with E-state index in [0.717, 1.165) is 25.7 Å². The third kappa shape index (κ3) is 20.9. The van der Waals surface area contributed by atoms with E-state index in [4.69, 9.17) is 18.4 Å². The zero-order valence-electron chi connectivity index (χ0n) is 16.4. The van der Waals surface area contributed by atoms with Gasteiger partial charge in [-0.2, -0.15) is 0 Å². The molecule has 0 aromatic carbocycles. The fraction of sp³-hybridized carbons (Fsp3) is 1.00. The van der Waals surface area contributed by atoms with Crippen molar-refractivity contribution in [2.75, 3.05) is 6.61 Å². The van der Waals surface area contributed by atoms with E-state index >= 15 is 0 Å². The maximum absolute atomic E-state index is 10.4. The van der Waals surface area contributed by atoms with E-state index in [9.17, 15) is 4.80 Å². The molecule has 24 heavy (non-hydrogen) atoms. The summed E-state index contributed by atoms with van der Waals surface area (Å²) < 4.78 is 16.7. The molecule has 3 atom stereocenters. The molecule has 0 aromatic heterocycles. The number of rotatable bonds is 10. The number of hydrogen-bond donors (Lipinski definition) is 2. The first-order valence-corrected chi connectivity index (χ1v) is 9.82. The molecule has 0 radical (unpaired) electrons. The van der Waals surface area contributed by atoms with Gasteiger partial charge in [0.25, 0.3) is 0 Å². The molecule has 0 aromatic rings. The molecular formula is C15H40O7SiZr. The molecule has 0 fully saturated rings. The van der Waals surface area contributed by atoms with Gasteiger partial charge in [-0.15, -0.1) is 0 Å². The smallest absolute Gasteiger partial charge is 0.412 e. The summed E-state index contributed by atoms with van der Waals surface area (Å²) in [5.41, 5.74) is 0. The van der Waals surface area contributed by atoms with Gasteiger partial charge in [0.1, 0.15) is 0 Å². The summed E-state index contributed by atoms with van der Waals surface area (Å²) in [6.45, 7) is 14.0. The van der Waals surface area contributed by atoms with Crippen molar-refractivity contribution in [2.45, 2.75) is 92.5 Å². The Hall–Kier alpha value is 0.820. The van der Waals surface area contributed by atoms with Crippen LogP contribution in [-0.4, -0.2) is 54.8 Å². The molecule has 0 saturated carbocycles. The molecular weight excluding hydrogens is 411 g/mol. The summed E-state index contributed by atoms with van der Waals surface area (Å²) >= 11 is 0. The molecule has 0 saturated heterocycles. The minimum atomic E-state index is -3.50. The van der Waals surface area contributed by atoms with E-state index in [1.54, 1.807) is 0 Å². The van der Waals surface area contributed by atoms with Crippen molar-refractivity contribution in [3.05, 3.63) is 0 Å². The SMILES string of the molecule is CCC(C)O[Si](O)(OC(C)CC)OC(C)CC.CCCO.O.O.[Zr]. The van der Waals surface area contributed by atoms with E-state index in [2.05, 4.69) is 0 Å². The van der Waals surface area contributed by atoms with E-state index in [1.807, 2.05) is 48.5 Å². The molecule has 0 heterocycles. The van der Waals surface area contributed by atoms with Crippen LogP contribution in [0.2, 0.25) is 0 Å². The van der Waals surface area contributed by atoms with Crippen molar-refractivity contribution in [1.82, 2.24) is 0 Å². The summed E-state index contributed by atoms with van der Waals surface area (Å²) in [5, 5.41) is 7.88. The molecule has 6 N–H and O–H groups in total. The van der Waals surface area contributed by atoms with Gasteiger partial charge in [-0.1, -0.05) is 27.7 Å². The van der Waals surface area contributed by atoms with Crippen LogP contribution < -0.4 is 0 Å². The van der Waals surface area contributed by atoms with Gasteiger partial charge < -0.3 is 34.1 Å². The van der Waals surface area contributed by atoms with Crippen LogP contribution in [0.1, 0.15) is 74.1 Å². The number of aliphatic hydroxyl groups is 1. The minimum Gasteiger partial charge on any atom is -0.412 e. The Bertz CT molecular complexity index is 205. The minimum absolute atomic E-state index is 0. The number of aliphatic hydroxyl groups excluding tert-OH is 1. The molecule has 0 aliphatic heterocycles. The fourth-order valence-corrected chi connectivity index (χ4v) is 3.29. The zero-order valence-corrected chi connectivity index (χ0v) is 19.8. The molecule has 0 spiro atoms. The molecule has 150 valence electrons. The zero-order chi connectivity index (χ0) is 16.9. The van der Waals surface area contributed by atoms with Gasteiger partial charge >= 0.3 is 9.05 Å². The Labute approximate surface area is 168 Å². The van der Waals surface area contributed by atoms with Crippen molar-refractivity contribution in [3.63, 3.8) is 0 Å². The third-order valence-electron chi connectivity index (χ3n) is 3.00. The van der Waals surface area contributed by atoms with Gasteiger partial charge in [0, 0.05) is 51.1 Å². The Morgan fingerprint density at radius 3 is 1.08 bits per heavy atom. The molecule has 0 rings (SSSR count). The summed E-state index contributed by atoms with van der Waals surface area (Å²) in [6, 6.07) is 0. The van der Waals surface area contributed by atoms with Crippen molar-refractivity contribution in [2.24, 2.45) is 0 Å². The standard InChI is InChI=1S/C12H28O4Si.C3H8O.2H2O.Zr/c1-7-10(4)14-17(13,15-11(5)8-2)16-12(6)9-3;1-2-3-4;;;/h10-13H,7-9H2,1-6H3;4H,2-3H2,1H3;2*1H2;. The van der Waals surface area contributed by atoms with Gasteiger partial charge in [0.05, 0.1) is 0 Å². The molecule has 3 unspecified atom stereocenters. The van der Waals surface area contributed by atoms with Crippen LogP contribution in [-0.2, 0) is 39.5 Å². The van der Waals surface area contributed by atoms with Gasteiger partial charge in [-0.05, 0) is 46.5 Å². The van der Waals surface area contributed by atoms with Crippen LogP contribution in [0.15, 0.2) is 0 Å². The molecule has 9 heteroatoms. The topological polar surface area (TPSA) is 131 Å². The third-order valence-corrected chi connectivity index (χ3v) is 5.10. The Kier molecular flexibility index (Phi) is 32.7. The summed E-state index contributed by atoms with van der Waals surface area (Å²) in [7, 11) is -3.50. The summed E-state index contributed by atoms with van der Waals surface area (Å²) in [4.78, 5) is 10.4. The Morgan fingerprint density at radius 1 is 0.750 bits per heavy atom. The fourth-order valence-electron chi connectivity index (χ4n) is 1.10. The largest absolute Gasteiger partial charge is 0.677 e. The quantitative estimate of drug-likeness (QED) is 0.487. The predicted octanol–water partition coefficient (Wildman–Crippen LogP) is 1.60. The second kappa shape index (κ2) is 21.9. The van der Waals surface area contributed by atoms with Crippen LogP contribution in [0.3, 0.4) is 0 Å². The van der Waals surface area contributed by atoms with Gasteiger partial charge in [0.15, 0.2) is 0 Å². The van der Waals surface area contributed by atoms with Crippen molar-refractivity contribution in [1.29, 1.82) is 0 Å². The van der Waals surface area contributed by atoms with Crippen LogP contribution in [0, 0.1) is 0 Å². The predicted molar refractivity (Wildman–Crippen MR) is 95.1 cm³/mol. The van der Waals surface area contributed by atoms with E-state index in [-0.39, 0.29) is 55.5 Å². The van der Waals surface area contributed by atoms with E-state index in [1.165, 1.54) is 0 Å².